The van der Waals surface area contributed by atoms with Crippen LogP contribution >= 0.6 is 0 Å². The van der Waals surface area contributed by atoms with Crippen LogP contribution in [0.2, 0.25) is 0 Å². The molecule has 0 spiro atoms. The van der Waals surface area contributed by atoms with Gasteiger partial charge in [0.2, 0.25) is 0 Å². The molecular weight excluding hydrogens is 256 g/mol. The number of hydrogen-bond donors (Lipinski definition) is 3. The number of ether oxygens (including phenoxy) is 1. The van der Waals surface area contributed by atoms with Crippen LogP contribution in [0.25, 0.3) is 10.9 Å². The van der Waals surface area contributed by atoms with Crippen molar-refractivity contribution >= 4 is 16.9 Å². The lowest BCUT2D eigenvalue weighted by molar-refractivity contribution is -0.139. The summed E-state index contributed by atoms with van der Waals surface area (Å²) < 4.78 is 5.43. The van der Waals surface area contributed by atoms with Crippen LogP contribution < -0.4 is 10.1 Å². The summed E-state index contributed by atoms with van der Waals surface area (Å²) >= 11 is 0. The minimum Gasteiger partial charge on any atom is -0.495 e. The van der Waals surface area contributed by atoms with Gasteiger partial charge in [-0.3, -0.25) is 10.1 Å². The second kappa shape index (κ2) is 4.52. The van der Waals surface area contributed by atoms with Crippen molar-refractivity contribution in [3.05, 3.63) is 29.0 Å². The Labute approximate surface area is 116 Å². The Balaban J connectivity index is 2.23. The molecule has 0 bridgehead atoms. The second-order valence-electron chi connectivity index (χ2n) is 5.39. The van der Waals surface area contributed by atoms with Crippen LogP contribution in [0.15, 0.2) is 12.1 Å². The number of aromatic nitrogens is 1. The quantitative estimate of drug-likeness (QED) is 0.784. The second-order valence-corrected chi connectivity index (χ2v) is 5.39. The van der Waals surface area contributed by atoms with Gasteiger partial charge in [0.05, 0.1) is 12.6 Å². The summed E-state index contributed by atoms with van der Waals surface area (Å²) in [6.45, 7) is 3.99. The Morgan fingerprint density at radius 1 is 1.45 bits per heavy atom. The number of hydrogen-bond acceptors (Lipinski definition) is 3. The van der Waals surface area contributed by atoms with E-state index in [-0.39, 0.29) is 6.04 Å². The van der Waals surface area contributed by atoms with E-state index in [1.807, 2.05) is 19.9 Å². The van der Waals surface area contributed by atoms with E-state index in [1.165, 1.54) is 0 Å². The standard InChI is InChI=1S/C15H18N2O3/c1-7-4-9-10-6-11(15(18)19)16-8(2)13(10)17-14(9)12(5-7)20-3/h4-5,8,11,16-17H,6H2,1-3H3,(H,18,19). The predicted molar refractivity (Wildman–Crippen MR) is 76.3 cm³/mol. The van der Waals surface area contributed by atoms with E-state index in [1.54, 1.807) is 7.11 Å². The van der Waals surface area contributed by atoms with Crippen molar-refractivity contribution < 1.29 is 14.6 Å². The van der Waals surface area contributed by atoms with Crippen LogP contribution in [-0.4, -0.2) is 29.2 Å². The summed E-state index contributed by atoms with van der Waals surface area (Å²) in [5, 5.41) is 13.4. The van der Waals surface area contributed by atoms with Crippen LogP contribution in [0.1, 0.15) is 29.8 Å². The molecule has 2 aromatic rings. The largest absolute Gasteiger partial charge is 0.495 e. The Bertz CT molecular complexity index is 690. The van der Waals surface area contributed by atoms with Crippen LogP contribution in [0.5, 0.6) is 5.75 Å². The van der Waals surface area contributed by atoms with Gasteiger partial charge in [0.1, 0.15) is 11.8 Å². The number of rotatable bonds is 2. The van der Waals surface area contributed by atoms with E-state index in [0.717, 1.165) is 33.5 Å². The molecular formula is C15H18N2O3. The third-order valence-corrected chi connectivity index (χ3v) is 3.97. The Kier molecular flexibility index (Phi) is 2.94. The molecule has 20 heavy (non-hydrogen) atoms. The Morgan fingerprint density at radius 3 is 2.85 bits per heavy atom. The van der Waals surface area contributed by atoms with Gasteiger partial charge in [0.25, 0.3) is 0 Å². The lowest BCUT2D eigenvalue weighted by atomic mass is 9.94. The van der Waals surface area contributed by atoms with Gasteiger partial charge in [-0.1, -0.05) is 0 Å². The lowest BCUT2D eigenvalue weighted by Gasteiger charge is -2.26. The molecule has 106 valence electrons. The maximum atomic E-state index is 11.3. The fourth-order valence-corrected chi connectivity index (χ4v) is 3.03. The first-order chi connectivity index (χ1) is 9.51. The minimum absolute atomic E-state index is 0.0164. The molecule has 5 nitrogen and oxygen atoms in total. The third-order valence-electron chi connectivity index (χ3n) is 3.97. The molecule has 5 heteroatoms. The van der Waals surface area contributed by atoms with Gasteiger partial charge >= 0.3 is 5.97 Å². The predicted octanol–water partition coefficient (Wildman–Crippen LogP) is 2.14. The van der Waals surface area contributed by atoms with Gasteiger partial charge < -0.3 is 14.8 Å². The zero-order valence-electron chi connectivity index (χ0n) is 11.8. The van der Waals surface area contributed by atoms with Crippen LogP contribution in [-0.2, 0) is 11.2 Å². The number of H-pyrrole nitrogens is 1. The average Bonchev–Trinajstić information content (AvgIpc) is 2.77. The SMILES string of the molecule is COc1cc(C)cc2c3c([nH]c12)C(C)NC(C(=O)O)C3. The molecule has 1 aromatic carbocycles. The molecule has 0 aliphatic carbocycles. The number of aliphatic carboxylic acids is 1. The number of aryl methyl sites for hydroxylation is 1. The van der Waals surface area contributed by atoms with E-state index in [9.17, 15) is 9.90 Å². The highest BCUT2D eigenvalue weighted by atomic mass is 16.5. The first kappa shape index (κ1) is 13.0. The summed E-state index contributed by atoms with van der Waals surface area (Å²) in [5.74, 6) is -0.00931. The molecule has 3 N–H and O–H groups in total. The molecule has 1 aliphatic heterocycles. The maximum absolute atomic E-state index is 11.3. The molecule has 0 saturated carbocycles. The lowest BCUT2D eigenvalue weighted by Crippen LogP contribution is -2.43. The highest BCUT2D eigenvalue weighted by Gasteiger charge is 2.31. The Morgan fingerprint density at radius 2 is 2.20 bits per heavy atom. The highest BCUT2D eigenvalue weighted by molar-refractivity contribution is 5.91. The summed E-state index contributed by atoms with van der Waals surface area (Å²) in [6.07, 6.45) is 0.488. The van der Waals surface area contributed by atoms with E-state index < -0.39 is 12.0 Å². The number of carbonyl (C=O) groups is 1. The number of carboxylic acid groups (broad SMARTS) is 1. The number of carboxylic acids is 1. The number of nitrogens with one attached hydrogen (secondary N) is 2. The monoisotopic (exact) mass is 274 g/mol. The topological polar surface area (TPSA) is 74.3 Å². The van der Waals surface area contributed by atoms with Crippen molar-refractivity contribution in [1.29, 1.82) is 0 Å². The van der Waals surface area contributed by atoms with Crippen LogP contribution in [0.3, 0.4) is 0 Å². The van der Waals surface area contributed by atoms with Crippen LogP contribution in [0, 0.1) is 6.92 Å². The number of fused-ring (bicyclic) bond motifs is 3. The zero-order valence-corrected chi connectivity index (χ0v) is 11.8. The van der Waals surface area contributed by atoms with Crippen LogP contribution in [0.4, 0.5) is 0 Å². The highest BCUT2D eigenvalue weighted by Crippen LogP contribution is 2.36. The molecule has 1 aromatic heterocycles. The first-order valence-corrected chi connectivity index (χ1v) is 6.69. The van der Waals surface area contributed by atoms with Gasteiger partial charge in [-0.15, -0.1) is 0 Å². The maximum Gasteiger partial charge on any atom is 0.321 e. The van der Waals surface area contributed by atoms with E-state index in [0.29, 0.717) is 6.42 Å². The van der Waals surface area contributed by atoms with Crippen molar-refractivity contribution in [3.63, 3.8) is 0 Å². The van der Waals surface area contributed by atoms with Crippen molar-refractivity contribution in [2.45, 2.75) is 32.4 Å². The van der Waals surface area contributed by atoms with E-state index in [4.69, 9.17) is 4.74 Å². The molecule has 2 unspecified atom stereocenters. The summed E-state index contributed by atoms with van der Waals surface area (Å²) in [6, 6.07) is 3.52. The summed E-state index contributed by atoms with van der Waals surface area (Å²) in [5.41, 5.74) is 4.19. The average molecular weight is 274 g/mol. The smallest absolute Gasteiger partial charge is 0.321 e. The number of benzene rings is 1. The van der Waals surface area contributed by atoms with E-state index >= 15 is 0 Å². The number of methoxy groups -OCH3 is 1. The van der Waals surface area contributed by atoms with Gasteiger partial charge in [-0.25, -0.2) is 0 Å². The molecule has 0 radical (unpaired) electrons. The minimum atomic E-state index is -0.809. The zero-order chi connectivity index (χ0) is 14.4. The fraction of sp³-hybridized carbons (Fsp3) is 0.400. The molecule has 3 rings (SSSR count). The first-order valence-electron chi connectivity index (χ1n) is 6.69. The van der Waals surface area contributed by atoms with Gasteiger partial charge in [0.15, 0.2) is 0 Å². The number of aromatic amines is 1. The molecule has 2 heterocycles. The summed E-state index contributed by atoms with van der Waals surface area (Å²) in [4.78, 5) is 14.7. The van der Waals surface area contributed by atoms with Crippen molar-refractivity contribution in [2.24, 2.45) is 0 Å². The van der Waals surface area contributed by atoms with Gasteiger partial charge in [0, 0.05) is 23.5 Å². The normalized spacial score (nSPS) is 21.8. The molecule has 0 fully saturated rings. The fourth-order valence-electron chi connectivity index (χ4n) is 3.03. The molecule has 0 amide bonds. The van der Waals surface area contributed by atoms with Crippen molar-refractivity contribution in [1.82, 2.24) is 10.3 Å². The van der Waals surface area contributed by atoms with Gasteiger partial charge in [-0.05, 0) is 37.1 Å². The Hall–Kier alpha value is -2.01. The third kappa shape index (κ3) is 1.86. The van der Waals surface area contributed by atoms with E-state index in [2.05, 4.69) is 16.4 Å². The molecule has 2 atom stereocenters. The summed E-state index contributed by atoms with van der Waals surface area (Å²) in [7, 11) is 1.65. The van der Waals surface area contributed by atoms with Crippen molar-refractivity contribution in [3.8, 4) is 5.75 Å². The molecule has 0 saturated heterocycles. The van der Waals surface area contributed by atoms with Crippen molar-refractivity contribution in [2.75, 3.05) is 7.11 Å². The van der Waals surface area contributed by atoms with Gasteiger partial charge in [-0.2, -0.15) is 0 Å². The molecule has 1 aliphatic rings.